The van der Waals surface area contributed by atoms with Gasteiger partial charge in [-0.3, -0.25) is 37.3 Å². The summed E-state index contributed by atoms with van der Waals surface area (Å²) in [5.74, 6) is -2.19. The quantitative estimate of drug-likeness (QED) is 0.0169. The molecule has 0 radical (unpaired) electrons. The van der Waals surface area contributed by atoms with Crippen LogP contribution in [0.4, 0.5) is 0 Å². The van der Waals surface area contributed by atoms with Crippen LogP contribution in [0.25, 0.3) is 0 Å². The summed E-state index contributed by atoms with van der Waals surface area (Å²) < 4.78 is 68.4. The van der Waals surface area contributed by atoms with Gasteiger partial charge in [0.2, 0.25) is 0 Å². The van der Waals surface area contributed by atoms with E-state index in [0.29, 0.717) is 25.7 Å². The second-order valence-corrected chi connectivity index (χ2v) is 28.8. The fraction of sp³-hybridized carbons (Fsp3) is 0.818. The lowest BCUT2D eigenvalue weighted by atomic mass is 10.1. The molecular formula is C77H140O17P2. The number of unbranched alkanes of at least 4 members (excludes halogenated alkanes) is 37. The van der Waals surface area contributed by atoms with E-state index in [1.807, 2.05) is 0 Å². The molecule has 0 heterocycles. The molecule has 17 nitrogen and oxygen atoms in total. The summed E-state index contributed by atoms with van der Waals surface area (Å²) in [4.78, 5) is 72.8. The van der Waals surface area contributed by atoms with Crippen LogP contribution < -0.4 is 0 Å². The van der Waals surface area contributed by atoms with E-state index in [0.717, 1.165) is 161 Å². The second-order valence-electron chi connectivity index (χ2n) is 25.9. The Morgan fingerprint density at radius 1 is 0.292 bits per heavy atom. The first-order chi connectivity index (χ1) is 46.7. The van der Waals surface area contributed by atoms with Crippen molar-refractivity contribution in [1.29, 1.82) is 0 Å². The fourth-order valence-corrected chi connectivity index (χ4v) is 12.0. The molecule has 0 saturated carbocycles. The highest BCUT2D eigenvalue weighted by atomic mass is 31.2. The molecule has 0 saturated heterocycles. The van der Waals surface area contributed by atoms with Crippen LogP contribution in [0.2, 0.25) is 0 Å². The lowest BCUT2D eigenvalue weighted by Gasteiger charge is -2.21. The zero-order valence-corrected chi connectivity index (χ0v) is 62.8. The summed E-state index contributed by atoms with van der Waals surface area (Å²) in [7, 11) is -9.94. The number of ether oxygens (including phenoxy) is 4. The molecule has 5 atom stereocenters. The molecule has 0 spiro atoms. The largest absolute Gasteiger partial charge is 0.472 e. The third-order valence-electron chi connectivity index (χ3n) is 16.4. The normalized spacial score (nSPS) is 14.3. The molecule has 0 aromatic carbocycles. The van der Waals surface area contributed by atoms with Gasteiger partial charge in [-0.1, -0.05) is 249 Å². The maximum atomic E-state index is 13.1. The molecule has 0 fully saturated rings. The number of aliphatic hydroxyl groups is 1. The van der Waals surface area contributed by atoms with Crippen molar-refractivity contribution in [1.82, 2.24) is 0 Å². The molecule has 96 heavy (non-hydrogen) atoms. The average Bonchev–Trinajstić information content (AvgIpc) is 1.14. The Labute approximate surface area is 584 Å². The van der Waals surface area contributed by atoms with Crippen molar-refractivity contribution in [2.75, 3.05) is 39.6 Å². The van der Waals surface area contributed by atoms with E-state index in [9.17, 15) is 43.2 Å². The van der Waals surface area contributed by atoms with Crippen LogP contribution in [0.1, 0.15) is 349 Å². The summed E-state index contributed by atoms with van der Waals surface area (Å²) in [6.07, 6.45) is 67.7. The van der Waals surface area contributed by atoms with Crippen LogP contribution in [0, 0.1) is 0 Å². The predicted octanol–water partition coefficient (Wildman–Crippen LogP) is 21.9. The van der Waals surface area contributed by atoms with E-state index < -0.39 is 97.5 Å². The standard InChI is InChI=1S/C77H140O17P2/c1-5-9-13-17-21-25-29-33-35-39-41-45-49-53-57-61-74(79)87-67-72(93-76(81)63-59-55-51-47-43-37-31-27-23-19-15-11-7-3)69-91-95(83,84)89-65-71(78)66-90-96(85,86)92-70-73(94-77(82)64-60-56-52-48-44-38-32-28-24-20-16-12-8-4)68-88-75(80)62-58-54-50-46-42-40-36-34-30-26-22-18-14-10-6-2/h21,25-28,30-33,35,71-73,78H,5-20,22-24,29,34,36-70H2,1-4H3,(H,83,84)(H,85,86)/b25-21-,30-26-,31-27-,32-28-,35-33-/t71-,72-,73-/m1/s1. The van der Waals surface area contributed by atoms with E-state index in [-0.39, 0.29) is 25.7 Å². The molecule has 2 unspecified atom stereocenters. The maximum absolute atomic E-state index is 13.1. The van der Waals surface area contributed by atoms with Gasteiger partial charge in [-0.05, 0) is 135 Å². The smallest absolute Gasteiger partial charge is 0.462 e. The summed E-state index contributed by atoms with van der Waals surface area (Å²) in [6.45, 7) is 4.81. The van der Waals surface area contributed by atoms with E-state index in [2.05, 4.69) is 88.5 Å². The van der Waals surface area contributed by atoms with E-state index in [4.69, 9.17) is 37.0 Å². The molecular weight excluding hydrogens is 1260 g/mol. The minimum atomic E-state index is -4.97. The SMILES string of the molecule is CCCCC/C=C\C/C=C\CCCCCCCC(=O)OC[C@H](COP(=O)(O)OC[C@@H](O)COP(=O)(O)OC[C@@H](COC(=O)CCCCCCCCC/C=C\CCCCCC)OC(=O)CCCCCCC/C=C\CCCCCC)OC(=O)CCCCCCC/C=C\CCCCCC. The fourth-order valence-electron chi connectivity index (χ4n) is 10.5. The number of phosphoric acid groups is 2. The number of rotatable bonds is 73. The van der Waals surface area contributed by atoms with Gasteiger partial charge in [0.05, 0.1) is 26.4 Å². The number of carbonyl (C=O) groups excluding carboxylic acids is 4. The number of aliphatic hydroxyl groups excluding tert-OH is 1. The number of allylic oxidation sites excluding steroid dienone is 10. The van der Waals surface area contributed by atoms with Crippen molar-refractivity contribution in [2.24, 2.45) is 0 Å². The van der Waals surface area contributed by atoms with E-state index in [1.54, 1.807) is 0 Å². The van der Waals surface area contributed by atoms with Crippen molar-refractivity contribution in [2.45, 2.75) is 367 Å². The van der Waals surface area contributed by atoms with Crippen LogP contribution in [0.15, 0.2) is 60.8 Å². The van der Waals surface area contributed by atoms with Gasteiger partial charge in [0.15, 0.2) is 12.2 Å². The van der Waals surface area contributed by atoms with Crippen molar-refractivity contribution < 1.29 is 80.2 Å². The Morgan fingerprint density at radius 2 is 0.510 bits per heavy atom. The average molecular weight is 1400 g/mol. The Bertz CT molecular complexity index is 2060. The molecule has 0 rings (SSSR count). The molecule has 560 valence electrons. The molecule has 0 aliphatic heterocycles. The highest BCUT2D eigenvalue weighted by Crippen LogP contribution is 2.45. The van der Waals surface area contributed by atoms with E-state index in [1.165, 1.54) is 109 Å². The highest BCUT2D eigenvalue weighted by Gasteiger charge is 2.30. The monoisotopic (exact) mass is 1400 g/mol. The minimum Gasteiger partial charge on any atom is -0.462 e. The number of esters is 4. The minimum absolute atomic E-state index is 0.0851. The summed E-state index contributed by atoms with van der Waals surface area (Å²) in [5, 5.41) is 10.6. The summed E-state index contributed by atoms with van der Waals surface area (Å²) in [5.41, 5.74) is 0. The van der Waals surface area contributed by atoms with Gasteiger partial charge in [0, 0.05) is 25.7 Å². The predicted molar refractivity (Wildman–Crippen MR) is 390 cm³/mol. The van der Waals surface area contributed by atoms with Crippen molar-refractivity contribution in [3.63, 3.8) is 0 Å². The van der Waals surface area contributed by atoms with Gasteiger partial charge in [-0.15, -0.1) is 0 Å². The topological polar surface area (TPSA) is 237 Å². The molecule has 0 aromatic heterocycles. The van der Waals surface area contributed by atoms with Crippen LogP contribution in [0.3, 0.4) is 0 Å². The summed E-state index contributed by atoms with van der Waals surface area (Å²) >= 11 is 0. The molecule has 19 heteroatoms. The number of phosphoric ester groups is 2. The van der Waals surface area contributed by atoms with Gasteiger partial charge in [-0.25, -0.2) is 9.13 Å². The van der Waals surface area contributed by atoms with Crippen LogP contribution in [-0.2, 0) is 65.4 Å². The molecule has 0 amide bonds. The first kappa shape index (κ1) is 92.8. The molecule has 0 bridgehead atoms. The third-order valence-corrected chi connectivity index (χ3v) is 18.3. The zero-order valence-electron chi connectivity index (χ0n) is 61.1. The Kier molecular flexibility index (Phi) is 67.8. The number of carbonyl (C=O) groups is 4. The van der Waals surface area contributed by atoms with Gasteiger partial charge < -0.3 is 33.8 Å². The Hall–Kier alpha value is -3.24. The van der Waals surface area contributed by atoms with Gasteiger partial charge in [0.25, 0.3) is 0 Å². The van der Waals surface area contributed by atoms with Gasteiger partial charge in [-0.2, -0.15) is 0 Å². The molecule has 3 N–H and O–H groups in total. The van der Waals surface area contributed by atoms with Crippen LogP contribution in [-0.4, -0.2) is 96.7 Å². The molecule has 0 aliphatic rings. The lowest BCUT2D eigenvalue weighted by Crippen LogP contribution is -2.30. The lowest BCUT2D eigenvalue weighted by molar-refractivity contribution is -0.161. The van der Waals surface area contributed by atoms with Crippen molar-refractivity contribution in [3.8, 4) is 0 Å². The highest BCUT2D eigenvalue weighted by molar-refractivity contribution is 7.47. The maximum Gasteiger partial charge on any atom is 0.472 e. The van der Waals surface area contributed by atoms with E-state index >= 15 is 0 Å². The van der Waals surface area contributed by atoms with Gasteiger partial charge in [0.1, 0.15) is 19.3 Å². The molecule has 0 aliphatic carbocycles. The van der Waals surface area contributed by atoms with Gasteiger partial charge >= 0.3 is 39.5 Å². The zero-order chi connectivity index (χ0) is 70.4. The second kappa shape index (κ2) is 70.2. The van der Waals surface area contributed by atoms with Crippen LogP contribution >= 0.6 is 15.6 Å². The molecule has 0 aromatic rings. The van der Waals surface area contributed by atoms with Crippen molar-refractivity contribution >= 4 is 39.5 Å². The van der Waals surface area contributed by atoms with Crippen molar-refractivity contribution in [3.05, 3.63) is 60.8 Å². The summed E-state index contributed by atoms with van der Waals surface area (Å²) in [6, 6.07) is 0. The van der Waals surface area contributed by atoms with Crippen LogP contribution in [0.5, 0.6) is 0 Å². The third kappa shape index (κ3) is 69.2. The number of hydrogen-bond acceptors (Lipinski definition) is 15. The Morgan fingerprint density at radius 3 is 0.802 bits per heavy atom. The number of hydrogen-bond donors (Lipinski definition) is 3. The first-order valence-corrected chi connectivity index (χ1v) is 41.5. The first-order valence-electron chi connectivity index (χ1n) is 38.5. The Balaban J connectivity index is 5.33.